The molecule has 3 heterocycles. The summed E-state index contributed by atoms with van der Waals surface area (Å²) >= 11 is 0. The van der Waals surface area contributed by atoms with Crippen molar-refractivity contribution in [2.45, 2.75) is 76.0 Å². The van der Waals surface area contributed by atoms with Crippen LogP contribution in [0.4, 0.5) is 0 Å². The molecule has 0 radical (unpaired) electrons. The fourth-order valence-electron chi connectivity index (χ4n) is 4.82. The molecule has 0 aromatic rings. The number of nitrogens with one attached hydrogen (secondary N) is 1. The van der Waals surface area contributed by atoms with Gasteiger partial charge in [-0.15, -0.1) is 0 Å². The maximum absolute atomic E-state index is 12.0. The zero-order valence-electron chi connectivity index (χ0n) is 15.0. The quantitative estimate of drug-likeness (QED) is 0.785. The van der Waals surface area contributed by atoms with Gasteiger partial charge >= 0.3 is 0 Å². The lowest BCUT2D eigenvalue weighted by molar-refractivity contribution is -0.134. The average molecular weight is 337 g/mol. The van der Waals surface area contributed by atoms with Crippen LogP contribution in [0.2, 0.25) is 0 Å². The number of carbonyl (C=O) groups excluding carboxylic acids is 2. The monoisotopic (exact) mass is 337 g/mol. The van der Waals surface area contributed by atoms with Gasteiger partial charge in [-0.05, 0) is 52.0 Å². The molecule has 136 valence electrons. The van der Waals surface area contributed by atoms with Gasteiger partial charge < -0.3 is 15.3 Å². The normalized spacial score (nSPS) is 34.2. The van der Waals surface area contributed by atoms with Gasteiger partial charge in [-0.1, -0.05) is 0 Å². The van der Waals surface area contributed by atoms with Gasteiger partial charge in [-0.3, -0.25) is 14.5 Å². The first kappa shape index (κ1) is 17.7. The topological polar surface area (TPSA) is 72.9 Å². The standard InChI is InChI=1S/C18H31N3O3/c1-14(22)20-11-8-18(24,9-12-20)13-21-10-4-7-17(2)15(21)5-3-6-16(23)19-17/h15,24H,3-13H2,1-2H3,(H,19,23)/t15-,17-/m0/s1. The van der Waals surface area contributed by atoms with Gasteiger partial charge in [0.25, 0.3) is 0 Å². The zero-order chi connectivity index (χ0) is 17.4. The van der Waals surface area contributed by atoms with E-state index in [1.54, 1.807) is 6.92 Å². The highest BCUT2D eigenvalue weighted by Gasteiger charge is 2.45. The fraction of sp³-hybridized carbons (Fsp3) is 0.889. The minimum atomic E-state index is -0.722. The average Bonchev–Trinajstić information content (AvgIpc) is 2.65. The number of likely N-dealkylation sites (tertiary alicyclic amines) is 2. The van der Waals surface area contributed by atoms with E-state index in [1.165, 1.54) is 0 Å². The number of amides is 2. The van der Waals surface area contributed by atoms with Crippen molar-refractivity contribution >= 4 is 11.8 Å². The molecule has 24 heavy (non-hydrogen) atoms. The van der Waals surface area contributed by atoms with E-state index in [0.717, 1.165) is 32.2 Å². The van der Waals surface area contributed by atoms with E-state index in [2.05, 4.69) is 17.1 Å². The number of aliphatic hydroxyl groups is 1. The Morgan fingerprint density at radius 1 is 1.25 bits per heavy atom. The van der Waals surface area contributed by atoms with Crippen molar-refractivity contribution in [1.82, 2.24) is 15.1 Å². The Morgan fingerprint density at radius 3 is 2.62 bits per heavy atom. The number of β-amino-alcohol motifs (C(OH)–C–C–N with tert-alkyl or cyclic N) is 1. The summed E-state index contributed by atoms with van der Waals surface area (Å²) in [6, 6.07) is 0.299. The van der Waals surface area contributed by atoms with E-state index in [1.807, 2.05) is 4.90 Å². The lowest BCUT2D eigenvalue weighted by atomic mass is 9.79. The van der Waals surface area contributed by atoms with Crippen LogP contribution >= 0.6 is 0 Å². The molecular weight excluding hydrogens is 306 g/mol. The van der Waals surface area contributed by atoms with Gasteiger partial charge in [0, 0.05) is 39.0 Å². The number of carbonyl (C=O) groups is 2. The van der Waals surface area contributed by atoms with Gasteiger partial charge in [-0.2, -0.15) is 0 Å². The molecule has 0 unspecified atom stereocenters. The second-order valence-corrected chi connectivity index (χ2v) is 8.18. The first-order valence-corrected chi connectivity index (χ1v) is 9.34. The molecule has 3 rings (SSSR count). The molecule has 0 bridgehead atoms. The molecular formula is C18H31N3O3. The van der Waals surface area contributed by atoms with Crippen molar-refractivity contribution in [3.63, 3.8) is 0 Å². The Balaban J connectivity index is 1.68. The minimum Gasteiger partial charge on any atom is -0.388 e. The largest absolute Gasteiger partial charge is 0.388 e. The highest BCUT2D eigenvalue weighted by Crippen LogP contribution is 2.35. The van der Waals surface area contributed by atoms with E-state index in [-0.39, 0.29) is 17.4 Å². The van der Waals surface area contributed by atoms with E-state index in [0.29, 0.717) is 44.9 Å². The predicted octanol–water partition coefficient (Wildman–Crippen LogP) is 0.883. The zero-order valence-corrected chi connectivity index (χ0v) is 15.0. The number of rotatable bonds is 2. The Bertz CT molecular complexity index is 502. The molecule has 3 fully saturated rings. The Morgan fingerprint density at radius 2 is 1.96 bits per heavy atom. The summed E-state index contributed by atoms with van der Waals surface area (Å²) in [6.45, 7) is 6.66. The van der Waals surface area contributed by atoms with Gasteiger partial charge in [0.2, 0.25) is 11.8 Å². The molecule has 2 amide bonds. The summed E-state index contributed by atoms with van der Waals surface area (Å²) in [4.78, 5) is 27.7. The Labute approximate surface area is 144 Å². The maximum Gasteiger partial charge on any atom is 0.220 e. The van der Waals surface area contributed by atoms with Crippen molar-refractivity contribution < 1.29 is 14.7 Å². The van der Waals surface area contributed by atoms with Crippen LogP contribution < -0.4 is 5.32 Å². The van der Waals surface area contributed by atoms with Crippen molar-refractivity contribution in [3.8, 4) is 0 Å². The third-order valence-corrected chi connectivity index (χ3v) is 6.26. The smallest absolute Gasteiger partial charge is 0.220 e. The summed E-state index contributed by atoms with van der Waals surface area (Å²) in [5.41, 5.74) is -0.900. The summed E-state index contributed by atoms with van der Waals surface area (Å²) in [5.74, 6) is 0.254. The first-order valence-electron chi connectivity index (χ1n) is 9.34. The third kappa shape index (κ3) is 3.59. The second-order valence-electron chi connectivity index (χ2n) is 8.18. The number of hydrogen-bond donors (Lipinski definition) is 2. The summed E-state index contributed by atoms with van der Waals surface area (Å²) < 4.78 is 0. The van der Waals surface area contributed by atoms with Gasteiger partial charge in [0.05, 0.1) is 11.1 Å². The van der Waals surface area contributed by atoms with E-state index in [9.17, 15) is 14.7 Å². The summed E-state index contributed by atoms with van der Waals surface area (Å²) in [5, 5.41) is 14.3. The van der Waals surface area contributed by atoms with Crippen LogP contribution in [0.15, 0.2) is 0 Å². The number of hydrogen-bond acceptors (Lipinski definition) is 4. The highest BCUT2D eigenvalue weighted by atomic mass is 16.3. The number of fused-ring (bicyclic) bond motifs is 1. The van der Waals surface area contributed by atoms with Gasteiger partial charge in [0.1, 0.15) is 0 Å². The van der Waals surface area contributed by atoms with Crippen LogP contribution in [0, 0.1) is 0 Å². The first-order chi connectivity index (χ1) is 11.3. The molecule has 6 heteroatoms. The third-order valence-electron chi connectivity index (χ3n) is 6.26. The molecule has 2 N–H and O–H groups in total. The number of nitrogens with zero attached hydrogens (tertiary/aromatic N) is 2. The molecule has 0 spiro atoms. The summed E-state index contributed by atoms with van der Waals surface area (Å²) in [6.07, 6.45) is 5.86. The Kier molecular flexibility index (Phi) is 4.89. The molecule has 3 saturated heterocycles. The lowest BCUT2D eigenvalue weighted by Crippen LogP contribution is -2.65. The predicted molar refractivity (Wildman–Crippen MR) is 91.4 cm³/mol. The highest BCUT2D eigenvalue weighted by molar-refractivity contribution is 5.77. The van der Waals surface area contributed by atoms with Crippen LogP contribution in [0.1, 0.15) is 58.8 Å². The van der Waals surface area contributed by atoms with Crippen LogP contribution in [0.3, 0.4) is 0 Å². The lowest BCUT2D eigenvalue weighted by Gasteiger charge is -2.51. The van der Waals surface area contributed by atoms with E-state index >= 15 is 0 Å². The summed E-state index contributed by atoms with van der Waals surface area (Å²) in [7, 11) is 0. The maximum atomic E-state index is 12.0. The molecule has 6 nitrogen and oxygen atoms in total. The molecule has 0 aromatic heterocycles. The molecule has 3 aliphatic heterocycles. The van der Waals surface area contributed by atoms with Gasteiger partial charge in [0.15, 0.2) is 0 Å². The molecule has 2 atom stereocenters. The molecule has 0 aromatic carbocycles. The Hall–Kier alpha value is -1.14. The van der Waals surface area contributed by atoms with Crippen molar-refractivity contribution in [3.05, 3.63) is 0 Å². The van der Waals surface area contributed by atoms with Crippen molar-refractivity contribution in [1.29, 1.82) is 0 Å². The minimum absolute atomic E-state index is 0.0917. The SMILES string of the molecule is CC(=O)N1CCC(O)(CN2CCC[C@]3(C)NC(=O)CCC[C@H]23)CC1. The molecule has 0 saturated carbocycles. The van der Waals surface area contributed by atoms with Crippen LogP contribution in [-0.4, -0.2) is 70.1 Å². The second kappa shape index (κ2) is 6.64. The van der Waals surface area contributed by atoms with E-state index < -0.39 is 5.60 Å². The number of piperidine rings is 2. The van der Waals surface area contributed by atoms with Crippen molar-refractivity contribution in [2.24, 2.45) is 0 Å². The van der Waals surface area contributed by atoms with Crippen LogP contribution in [-0.2, 0) is 9.59 Å². The fourth-order valence-corrected chi connectivity index (χ4v) is 4.82. The van der Waals surface area contributed by atoms with Crippen molar-refractivity contribution in [2.75, 3.05) is 26.2 Å². The van der Waals surface area contributed by atoms with Gasteiger partial charge in [-0.25, -0.2) is 0 Å². The van der Waals surface area contributed by atoms with Crippen LogP contribution in [0.5, 0.6) is 0 Å². The molecule has 0 aliphatic carbocycles. The van der Waals surface area contributed by atoms with Crippen LogP contribution in [0.25, 0.3) is 0 Å². The van der Waals surface area contributed by atoms with E-state index in [4.69, 9.17) is 0 Å². The molecule has 3 aliphatic rings.